The zero-order valence-electron chi connectivity index (χ0n) is 7.35. The van der Waals surface area contributed by atoms with Gasteiger partial charge in [0.1, 0.15) is 0 Å². The van der Waals surface area contributed by atoms with E-state index in [-0.39, 0.29) is 16.7 Å². The van der Waals surface area contributed by atoms with Crippen LogP contribution in [0.3, 0.4) is 0 Å². The standard InChI is InChI=1S/C8H14Cl2O2/c1-3-12-8(11)5-4-7(10)6(2)9/h6-7H,3-5H2,1-2H3/t6-,7-/m1/s1. The summed E-state index contributed by atoms with van der Waals surface area (Å²) in [7, 11) is 0. The lowest BCUT2D eigenvalue weighted by Gasteiger charge is -2.10. The average molecular weight is 213 g/mol. The summed E-state index contributed by atoms with van der Waals surface area (Å²) < 4.78 is 4.73. The number of rotatable bonds is 5. The van der Waals surface area contributed by atoms with Crippen LogP contribution in [0.4, 0.5) is 0 Å². The summed E-state index contributed by atoms with van der Waals surface area (Å²) in [5, 5.41) is -0.267. The molecule has 0 bridgehead atoms. The smallest absolute Gasteiger partial charge is 0.305 e. The second-order valence-electron chi connectivity index (χ2n) is 2.54. The van der Waals surface area contributed by atoms with E-state index >= 15 is 0 Å². The topological polar surface area (TPSA) is 26.3 Å². The number of esters is 1. The van der Waals surface area contributed by atoms with Gasteiger partial charge in [-0.3, -0.25) is 4.79 Å². The van der Waals surface area contributed by atoms with Crippen molar-refractivity contribution in [3.8, 4) is 0 Å². The summed E-state index contributed by atoms with van der Waals surface area (Å²) in [4.78, 5) is 10.8. The molecule has 0 spiro atoms. The maximum atomic E-state index is 10.8. The van der Waals surface area contributed by atoms with Crippen LogP contribution in [0.2, 0.25) is 0 Å². The molecule has 2 nitrogen and oxygen atoms in total. The quantitative estimate of drug-likeness (QED) is 0.518. The Morgan fingerprint density at radius 3 is 2.50 bits per heavy atom. The minimum absolute atomic E-state index is 0.110. The molecular weight excluding hydrogens is 199 g/mol. The number of alkyl halides is 2. The Kier molecular flexibility index (Phi) is 6.58. The van der Waals surface area contributed by atoms with Crippen LogP contribution in [0, 0.1) is 0 Å². The van der Waals surface area contributed by atoms with Gasteiger partial charge in [0.15, 0.2) is 0 Å². The summed E-state index contributed by atoms with van der Waals surface area (Å²) in [5.74, 6) is -0.208. The molecule has 0 aromatic rings. The molecule has 0 N–H and O–H groups in total. The summed E-state index contributed by atoms with van der Waals surface area (Å²) in [6.45, 7) is 4.01. The van der Waals surface area contributed by atoms with Gasteiger partial charge in [-0.25, -0.2) is 0 Å². The highest BCUT2D eigenvalue weighted by atomic mass is 35.5. The van der Waals surface area contributed by atoms with Crippen LogP contribution >= 0.6 is 23.2 Å². The lowest BCUT2D eigenvalue weighted by molar-refractivity contribution is -0.143. The van der Waals surface area contributed by atoms with Crippen molar-refractivity contribution in [1.82, 2.24) is 0 Å². The maximum Gasteiger partial charge on any atom is 0.305 e. The Balaban J connectivity index is 3.47. The Morgan fingerprint density at radius 1 is 1.50 bits per heavy atom. The molecule has 12 heavy (non-hydrogen) atoms. The highest BCUT2D eigenvalue weighted by molar-refractivity contribution is 6.29. The monoisotopic (exact) mass is 212 g/mol. The average Bonchev–Trinajstić information content (AvgIpc) is 2.00. The van der Waals surface area contributed by atoms with Crippen molar-refractivity contribution in [2.75, 3.05) is 6.61 Å². The van der Waals surface area contributed by atoms with Crippen LogP contribution in [0.1, 0.15) is 26.7 Å². The van der Waals surface area contributed by atoms with Crippen LogP contribution in [-0.4, -0.2) is 23.3 Å². The summed E-state index contributed by atoms with van der Waals surface area (Å²) in [5.41, 5.74) is 0. The SMILES string of the molecule is CCOC(=O)CC[C@@H](Cl)[C@@H](C)Cl. The molecule has 0 heterocycles. The molecule has 2 atom stereocenters. The van der Waals surface area contributed by atoms with Gasteiger partial charge in [-0.1, -0.05) is 0 Å². The van der Waals surface area contributed by atoms with Gasteiger partial charge in [-0.15, -0.1) is 23.2 Å². The summed E-state index contributed by atoms with van der Waals surface area (Å²) in [6, 6.07) is 0. The van der Waals surface area contributed by atoms with Gasteiger partial charge in [0.05, 0.1) is 12.0 Å². The molecular formula is C8H14Cl2O2. The number of carbonyl (C=O) groups excluding carboxylic acids is 1. The predicted molar refractivity (Wildman–Crippen MR) is 50.8 cm³/mol. The van der Waals surface area contributed by atoms with Crippen LogP contribution in [0.15, 0.2) is 0 Å². The lowest BCUT2D eigenvalue weighted by Crippen LogP contribution is -2.14. The lowest BCUT2D eigenvalue weighted by atomic mass is 10.2. The molecule has 0 aromatic heterocycles. The van der Waals surface area contributed by atoms with Gasteiger partial charge in [0.2, 0.25) is 0 Å². The first-order valence-electron chi connectivity index (χ1n) is 4.01. The first kappa shape index (κ1) is 12.0. The van der Waals surface area contributed by atoms with Gasteiger partial charge in [-0.2, -0.15) is 0 Å². The Bertz CT molecular complexity index is 137. The van der Waals surface area contributed by atoms with E-state index in [1.807, 2.05) is 6.92 Å². The molecule has 4 heteroatoms. The van der Waals surface area contributed by atoms with Crippen molar-refractivity contribution >= 4 is 29.2 Å². The zero-order chi connectivity index (χ0) is 9.56. The zero-order valence-corrected chi connectivity index (χ0v) is 8.86. The number of hydrogen-bond acceptors (Lipinski definition) is 2. The Morgan fingerprint density at radius 2 is 2.08 bits per heavy atom. The van der Waals surface area contributed by atoms with E-state index in [2.05, 4.69) is 0 Å². The molecule has 0 unspecified atom stereocenters. The third-order valence-corrected chi connectivity index (χ3v) is 2.46. The Labute approximate surface area is 83.2 Å². The fraction of sp³-hybridized carbons (Fsp3) is 0.875. The van der Waals surface area contributed by atoms with E-state index in [4.69, 9.17) is 27.9 Å². The molecule has 0 aliphatic carbocycles. The highest BCUT2D eigenvalue weighted by Crippen LogP contribution is 2.15. The van der Waals surface area contributed by atoms with Crippen LogP contribution in [-0.2, 0) is 9.53 Å². The van der Waals surface area contributed by atoms with E-state index in [1.54, 1.807) is 6.92 Å². The molecule has 0 aliphatic rings. The molecule has 0 saturated carbocycles. The third kappa shape index (κ3) is 5.67. The number of hydrogen-bond donors (Lipinski definition) is 0. The summed E-state index contributed by atoms with van der Waals surface area (Å²) >= 11 is 11.5. The molecule has 0 saturated heterocycles. The van der Waals surface area contributed by atoms with Crippen molar-refractivity contribution in [1.29, 1.82) is 0 Å². The van der Waals surface area contributed by atoms with Gasteiger partial charge >= 0.3 is 5.97 Å². The first-order chi connectivity index (χ1) is 5.57. The second-order valence-corrected chi connectivity index (χ2v) is 3.79. The van der Waals surface area contributed by atoms with Crippen molar-refractivity contribution < 1.29 is 9.53 Å². The van der Waals surface area contributed by atoms with Crippen molar-refractivity contribution in [3.05, 3.63) is 0 Å². The van der Waals surface area contributed by atoms with E-state index < -0.39 is 0 Å². The number of halogens is 2. The predicted octanol–water partition coefficient (Wildman–Crippen LogP) is 2.56. The second kappa shape index (κ2) is 6.55. The van der Waals surface area contributed by atoms with E-state index in [0.29, 0.717) is 19.4 Å². The molecule has 0 aromatic carbocycles. The van der Waals surface area contributed by atoms with E-state index in [1.165, 1.54) is 0 Å². The van der Waals surface area contributed by atoms with E-state index in [9.17, 15) is 4.79 Å². The maximum absolute atomic E-state index is 10.8. The highest BCUT2D eigenvalue weighted by Gasteiger charge is 2.13. The Hall–Kier alpha value is 0.0500. The first-order valence-corrected chi connectivity index (χ1v) is 4.89. The van der Waals surface area contributed by atoms with Crippen molar-refractivity contribution in [2.45, 2.75) is 37.4 Å². The van der Waals surface area contributed by atoms with Crippen LogP contribution in [0.25, 0.3) is 0 Å². The third-order valence-electron chi connectivity index (χ3n) is 1.43. The fourth-order valence-electron chi connectivity index (χ4n) is 0.719. The molecule has 0 amide bonds. The normalized spacial score (nSPS) is 15.3. The minimum Gasteiger partial charge on any atom is -0.466 e. The number of carbonyl (C=O) groups is 1. The van der Waals surface area contributed by atoms with E-state index in [0.717, 1.165) is 0 Å². The molecule has 0 aliphatic heterocycles. The minimum atomic E-state index is -0.208. The largest absolute Gasteiger partial charge is 0.466 e. The molecule has 0 rings (SSSR count). The van der Waals surface area contributed by atoms with Gasteiger partial charge in [0.25, 0.3) is 0 Å². The molecule has 0 fully saturated rings. The van der Waals surface area contributed by atoms with Crippen molar-refractivity contribution in [3.63, 3.8) is 0 Å². The van der Waals surface area contributed by atoms with Crippen LogP contribution < -0.4 is 0 Å². The van der Waals surface area contributed by atoms with Crippen molar-refractivity contribution in [2.24, 2.45) is 0 Å². The van der Waals surface area contributed by atoms with Crippen LogP contribution in [0.5, 0.6) is 0 Å². The van der Waals surface area contributed by atoms with Gasteiger partial charge < -0.3 is 4.74 Å². The van der Waals surface area contributed by atoms with Gasteiger partial charge in [-0.05, 0) is 20.3 Å². The molecule has 0 radical (unpaired) electrons. The molecule has 72 valence electrons. The van der Waals surface area contributed by atoms with Gasteiger partial charge in [0, 0.05) is 11.8 Å². The fourth-order valence-corrected chi connectivity index (χ4v) is 0.954. The number of ether oxygens (including phenoxy) is 1. The summed E-state index contributed by atoms with van der Waals surface area (Å²) in [6.07, 6.45) is 0.921.